The van der Waals surface area contributed by atoms with Gasteiger partial charge in [0, 0.05) is 23.7 Å². The molecule has 2 rings (SSSR count). The number of nitrogens with one attached hydrogen (secondary N) is 1. The highest BCUT2D eigenvalue weighted by Crippen LogP contribution is 2.28. The average molecular weight is 282 g/mol. The van der Waals surface area contributed by atoms with Gasteiger partial charge in [-0.3, -0.25) is 0 Å². The first-order valence-corrected chi connectivity index (χ1v) is 5.51. The summed E-state index contributed by atoms with van der Waals surface area (Å²) in [6.45, 7) is 4.17. The number of halogens is 4. The van der Waals surface area contributed by atoms with Crippen LogP contribution >= 0.6 is 12.4 Å². The highest BCUT2D eigenvalue weighted by Gasteiger charge is 2.29. The zero-order valence-corrected chi connectivity index (χ0v) is 10.9. The van der Waals surface area contributed by atoms with E-state index in [0.717, 1.165) is 6.07 Å². The predicted molar refractivity (Wildman–Crippen MR) is 64.3 cm³/mol. The Bertz CT molecular complexity index is 430. The zero-order chi connectivity index (χ0) is 12.6. The Morgan fingerprint density at radius 1 is 1.11 bits per heavy atom. The van der Waals surface area contributed by atoms with Gasteiger partial charge in [-0.25, -0.2) is 13.2 Å². The van der Waals surface area contributed by atoms with Crippen molar-refractivity contribution in [2.24, 2.45) is 0 Å². The lowest BCUT2D eigenvalue weighted by molar-refractivity contribution is -0.0227. The lowest BCUT2D eigenvalue weighted by atomic mass is 10.00. The number of morpholine rings is 1. The fraction of sp³-hybridized carbons (Fsp3) is 0.500. The standard InChI is InChI=1S/C12H14F3NO.ClH/c1-6-5-17-12(7(2)16-6)8-3-10(14)11(15)4-9(8)13;/h3-4,6-7,12,16H,5H2,1-2H3;1H/t6-,7?,12?;/m0./s1. The summed E-state index contributed by atoms with van der Waals surface area (Å²) in [6.07, 6.45) is -0.596. The molecule has 0 bridgehead atoms. The molecule has 0 spiro atoms. The van der Waals surface area contributed by atoms with E-state index in [2.05, 4.69) is 5.32 Å². The van der Waals surface area contributed by atoms with Gasteiger partial charge in [0.05, 0.1) is 6.61 Å². The Labute approximate surface area is 110 Å². The number of rotatable bonds is 1. The normalized spacial score (nSPS) is 27.7. The maximum Gasteiger partial charge on any atom is 0.161 e. The molecule has 102 valence electrons. The third-order valence-electron chi connectivity index (χ3n) is 2.87. The van der Waals surface area contributed by atoms with E-state index in [0.29, 0.717) is 12.7 Å². The van der Waals surface area contributed by atoms with Crippen molar-refractivity contribution in [3.63, 3.8) is 0 Å². The SMILES string of the molecule is CC1N[C@@H](C)COC1c1cc(F)c(F)cc1F.Cl. The van der Waals surface area contributed by atoms with Gasteiger partial charge in [-0.1, -0.05) is 0 Å². The molecule has 2 unspecified atom stereocenters. The molecule has 1 aromatic carbocycles. The van der Waals surface area contributed by atoms with Crippen LogP contribution in [-0.2, 0) is 4.74 Å². The van der Waals surface area contributed by atoms with Crippen LogP contribution < -0.4 is 5.32 Å². The molecule has 0 radical (unpaired) electrons. The fourth-order valence-electron chi connectivity index (χ4n) is 2.09. The number of hydrogen-bond donors (Lipinski definition) is 1. The second-order valence-electron chi connectivity index (χ2n) is 4.40. The topological polar surface area (TPSA) is 21.3 Å². The average Bonchev–Trinajstić information content (AvgIpc) is 2.24. The summed E-state index contributed by atoms with van der Waals surface area (Å²) >= 11 is 0. The third kappa shape index (κ3) is 2.96. The van der Waals surface area contributed by atoms with E-state index in [1.807, 2.05) is 13.8 Å². The summed E-state index contributed by atoms with van der Waals surface area (Å²) in [5.74, 6) is -3.02. The fourth-order valence-corrected chi connectivity index (χ4v) is 2.09. The summed E-state index contributed by atoms with van der Waals surface area (Å²) in [5.41, 5.74) is 0.0517. The van der Waals surface area contributed by atoms with Crippen molar-refractivity contribution < 1.29 is 17.9 Å². The van der Waals surface area contributed by atoms with Crippen LogP contribution in [0.1, 0.15) is 25.5 Å². The maximum absolute atomic E-state index is 13.6. The predicted octanol–water partition coefficient (Wildman–Crippen LogP) is 2.96. The molecule has 1 aliphatic rings. The van der Waals surface area contributed by atoms with Gasteiger partial charge in [-0.2, -0.15) is 0 Å². The molecule has 0 amide bonds. The quantitative estimate of drug-likeness (QED) is 0.799. The molecule has 1 aliphatic heterocycles. The van der Waals surface area contributed by atoms with Gasteiger partial charge in [0.2, 0.25) is 0 Å². The van der Waals surface area contributed by atoms with Crippen LogP contribution in [-0.4, -0.2) is 18.7 Å². The summed E-state index contributed by atoms with van der Waals surface area (Å²) < 4.78 is 45.0. The van der Waals surface area contributed by atoms with Gasteiger partial charge >= 0.3 is 0 Å². The number of ether oxygens (including phenoxy) is 1. The summed E-state index contributed by atoms with van der Waals surface area (Å²) in [4.78, 5) is 0. The molecule has 1 saturated heterocycles. The van der Waals surface area contributed by atoms with Crippen molar-refractivity contribution >= 4 is 12.4 Å². The Hall–Kier alpha value is -0.780. The first kappa shape index (κ1) is 15.3. The molecule has 0 aromatic heterocycles. The van der Waals surface area contributed by atoms with Gasteiger partial charge in [0.15, 0.2) is 11.6 Å². The minimum absolute atomic E-state index is 0. The molecular formula is C12H15ClF3NO. The van der Waals surface area contributed by atoms with Crippen molar-refractivity contribution in [3.05, 3.63) is 35.1 Å². The van der Waals surface area contributed by atoms with Crippen molar-refractivity contribution in [2.75, 3.05) is 6.61 Å². The molecule has 18 heavy (non-hydrogen) atoms. The minimum atomic E-state index is -1.18. The van der Waals surface area contributed by atoms with Gasteiger partial charge in [-0.05, 0) is 19.9 Å². The summed E-state index contributed by atoms with van der Waals surface area (Å²) in [6, 6.07) is 1.43. The zero-order valence-electron chi connectivity index (χ0n) is 10.0. The van der Waals surface area contributed by atoms with Crippen LogP contribution in [0.5, 0.6) is 0 Å². The Morgan fingerprint density at radius 2 is 1.72 bits per heavy atom. The van der Waals surface area contributed by atoms with E-state index in [9.17, 15) is 13.2 Å². The van der Waals surface area contributed by atoms with Gasteiger partial charge in [0.25, 0.3) is 0 Å². The largest absolute Gasteiger partial charge is 0.370 e. The second kappa shape index (κ2) is 5.91. The van der Waals surface area contributed by atoms with Crippen LogP contribution in [0, 0.1) is 17.5 Å². The van der Waals surface area contributed by atoms with Gasteiger partial charge < -0.3 is 10.1 Å². The lowest BCUT2D eigenvalue weighted by Crippen LogP contribution is -2.47. The van der Waals surface area contributed by atoms with Crippen LogP contribution in [0.15, 0.2) is 12.1 Å². The first-order valence-electron chi connectivity index (χ1n) is 5.51. The minimum Gasteiger partial charge on any atom is -0.370 e. The van der Waals surface area contributed by atoms with Crippen molar-refractivity contribution in [2.45, 2.75) is 32.0 Å². The number of benzene rings is 1. The second-order valence-corrected chi connectivity index (χ2v) is 4.40. The van der Waals surface area contributed by atoms with Gasteiger partial charge in [0.1, 0.15) is 11.9 Å². The van der Waals surface area contributed by atoms with Crippen LogP contribution in [0.4, 0.5) is 13.2 Å². The smallest absolute Gasteiger partial charge is 0.161 e. The first-order chi connectivity index (χ1) is 7.99. The molecule has 6 heteroatoms. The molecule has 2 nitrogen and oxygen atoms in total. The number of hydrogen-bond acceptors (Lipinski definition) is 2. The highest BCUT2D eigenvalue weighted by molar-refractivity contribution is 5.85. The van der Waals surface area contributed by atoms with E-state index in [1.165, 1.54) is 0 Å². The molecule has 1 N–H and O–H groups in total. The van der Waals surface area contributed by atoms with Crippen molar-refractivity contribution in [1.29, 1.82) is 0 Å². The molecule has 0 aliphatic carbocycles. The molecule has 3 atom stereocenters. The molecule has 1 heterocycles. The Morgan fingerprint density at radius 3 is 2.33 bits per heavy atom. The van der Waals surface area contributed by atoms with E-state index in [-0.39, 0.29) is 30.1 Å². The Kier molecular flexibility index (Phi) is 5.01. The Balaban J connectivity index is 0.00000162. The molecule has 0 saturated carbocycles. The molecule has 1 fully saturated rings. The maximum atomic E-state index is 13.6. The van der Waals surface area contributed by atoms with E-state index in [1.54, 1.807) is 0 Å². The van der Waals surface area contributed by atoms with Crippen LogP contribution in [0.3, 0.4) is 0 Å². The highest BCUT2D eigenvalue weighted by atomic mass is 35.5. The van der Waals surface area contributed by atoms with E-state index < -0.39 is 23.6 Å². The van der Waals surface area contributed by atoms with Crippen LogP contribution in [0.25, 0.3) is 0 Å². The monoisotopic (exact) mass is 281 g/mol. The summed E-state index contributed by atoms with van der Waals surface area (Å²) in [5, 5.41) is 3.18. The summed E-state index contributed by atoms with van der Waals surface area (Å²) in [7, 11) is 0. The van der Waals surface area contributed by atoms with E-state index in [4.69, 9.17) is 4.74 Å². The van der Waals surface area contributed by atoms with Crippen molar-refractivity contribution in [3.8, 4) is 0 Å². The lowest BCUT2D eigenvalue weighted by Gasteiger charge is -2.34. The van der Waals surface area contributed by atoms with Crippen LogP contribution in [0.2, 0.25) is 0 Å². The van der Waals surface area contributed by atoms with E-state index >= 15 is 0 Å². The molecular weight excluding hydrogens is 267 g/mol. The third-order valence-corrected chi connectivity index (χ3v) is 2.87. The molecule has 1 aromatic rings. The van der Waals surface area contributed by atoms with Crippen molar-refractivity contribution in [1.82, 2.24) is 5.32 Å². The van der Waals surface area contributed by atoms with Gasteiger partial charge in [-0.15, -0.1) is 12.4 Å².